The van der Waals surface area contributed by atoms with Crippen LogP contribution in [0, 0.1) is 0 Å². The topological polar surface area (TPSA) is 18.5 Å². The van der Waals surface area contributed by atoms with Crippen molar-refractivity contribution in [1.29, 1.82) is 0 Å². The second-order valence-corrected chi connectivity index (χ2v) is 11.6. The minimum Gasteiger partial charge on any atom is -0.399 e. The van der Waals surface area contributed by atoms with E-state index in [4.69, 9.17) is 9.31 Å². The Labute approximate surface area is 198 Å². The van der Waals surface area contributed by atoms with E-state index in [0.29, 0.717) is 0 Å². The fourth-order valence-corrected chi connectivity index (χ4v) is 7.33. The molecule has 2 aromatic heterocycles. The molecule has 0 amide bonds. The summed E-state index contributed by atoms with van der Waals surface area (Å²) in [5.41, 5.74) is 4.27. The van der Waals surface area contributed by atoms with Gasteiger partial charge in [-0.25, -0.2) is 0 Å². The van der Waals surface area contributed by atoms with Crippen molar-refractivity contribution in [3.05, 3.63) is 100 Å². The highest BCUT2D eigenvalue weighted by atomic mass is 32.1. The lowest BCUT2D eigenvalue weighted by Crippen LogP contribution is -2.41. The molecule has 0 spiro atoms. The Morgan fingerprint density at radius 2 is 1.25 bits per heavy atom. The van der Waals surface area contributed by atoms with E-state index >= 15 is 0 Å². The molecule has 1 aliphatic carbocycles. The maximum absolute atomic E-state index is 6.43. The van der Waals surface area contributed by atoms with E-state index in [1.54, 1.807) is 0 Å². The molecule has 5 heteroatoms. The fraction of sp³-hybridized carbons (Fsp3) is 0.259. The predicted molar refractivity (Wildman–Crippen MR) is 135 cm³/mol. The summed E-state index contributed by atoms with van der Waals surface area (Å²) >= 11 is 3.65. The monoisotopic (exact) mass is 456 g/mol. The molecule has 160 valence electrons. The first-order valence-corrected chi connectivity index (χ1v) is 12.7. The van der Waals surface area contributed by atoms with Crippen LogP contribution in [0.15, 0.2) is 78.2 Å². The van der Waals surface area contributed by atoms with E-state index < -0.39 is 0 Å². The van der Waals surface area contributed by atoms with Crippen LogP contribution in [0.5, 0.6) is 0 Å². The third-order valence-corrected chi connectivity index (χ3v) is 9.57. The molecule has 0 radical (unpaired) electrons. The molecule has 6 rings (SSSR count). The first-order valence-electron chi connectivity index (χ1n) is 11.0. The van der Waals surface area contributed by atoms with Gasteiger partial charge in [-0.1, -0.05) is 60.7 Å². The van der Waals surface area contributed by atoms with Gasteiger partial charge >= 0.3 is 7.12 Å². The lowest BCUT2D eigenvalue weighted by atomic mass is 9.68. The van der Waals surface area contributed by atoms with Crippen molar-refractivity contribution in [2.45, 2.75) is 44.3 Å². The van der Waals surface area contributed by atoms with Crippen LogP contribution in [0.3, 0.4) is 0 Å². The summed E-state index contributed by atoms with van der Waals surface area (Å²) in [6.45, 7) is 8.46. The number of rotatable bonds is 3. The zero-order valence-electron chi connectivity index (χ0n) is 18.7. The molecule has 0 atom stereocenters. The SMILES string of the molecule is CC1(C)OB(c2cc3c(s2)-c2sccc2C3(c2ccccc2)c2ccccc2)OC1(C)C. The minimum atomic E-state index is -0.351. The number of thiophene rings is 2. The molecule has 1 fully saturated rings. The average Bonchev–Trinajstić information content (AvgIpc) is 3.50. The van der Waals surface area contributed by atoms with E-state index in [1.807, 2.05) is 22.7 Å². The summed E-state index contributed by atoms with van der Waals surface area (Å²) in [6, 6.07) is 26.5. The zero-order valence-corrected chi connectivity index (χ0v) is 20.3. The Morgan fingerprint density at radius 1 is 0.688 bits per heavy atom. The summed E-state index contributed by atoms with van der Waals surface area (Å²) < 4.78 is 14.0. The van der Waals surface area contributed by atoms with Gasteiger partial charge in [0.1, 0.15) is 0 Å². The standard InChI is InChI=1S/C27H25BO2S2/c1-25(2)26(3,4)30-28(29-25)22-17-21-24(32-22)23-20(15-16-31-23)27(21,18-11-7-5-8-12-18)19-13-9-6-10-14-19/h5-17H,1-4H3. The molecule has 1 saturated heterocycles. The molecule has 4 aromatic rings. The quantitative estimate of drug-likeness (QED) is 0.290. The summed E-state index contributed by atoms with van der Waals surface area (Å²) in [5, 5.41) is 2.22. The smallest absolute Gasteiger partial charge is 0.399 e. The predicted octanol–water partition coefficient (Wildman–Crippen LogP) is 6.47. The number of fused-ring (bicyclic) bond motifs is 3. The van der Waals surface area contributed by atoms with Crippen molar-refractivity contribution < 1.29 is 9.31 Å². The summed E-state index contributed by atoms with van der Waals surface area (Å²) in [4.78, 5) is 2.70. The maximum Gasteiger partial charge on any atom is 0.505 e. The molecular weight excluding hydrogens is 431 g/mol. The van der Waals surface area contributed by atoms with E-state index in [-0.39, 0.29) is 23.7 Å². The molecule has 0 N–H and O–H groups in total. The van der Waals surface area contributed by atoms with Gasteiger partial charge in [0, 0.05) is 14.5 Å². The van der Waals surface area contributed by atoms with Gasteiger partial charge in [0.05, 0.1) is 16.6 Å². The average molecular weight is 456 g/mol. The first kappa shape index (κ1) is 20.4. The molecule has 2 nitrogen and oxygen atoms in total. The van der Waals surface area contributed by atoms with Gasteiger partial charge in [0.15, 0.2) is 0 Å². The second kappa shape index (κ2) is 6.91. The van der Waals surface area contributed by atoms with Crippen LogP contribution < -0.4 is 4.78 Å². The van der Waals surface area contributed by atoms with Gasteiger partial charge in [0.25, 0.3) is 0 Å². The zero-order chi connectivity index (χ0) is 22.1. The van der Waals surface area contributed by atoms with Crippen molar-refractivity contribution in [3.63, 3.8) is 0 Å². The Balaban J connectivity index is 1.60. The highest BCUT2D eigenvalue weighted by Crippen LogP contribution is 2.59. The molecule has 2 aliphatic rings. The van der Waals surface area contributed by atoms with E-state index in [9.17, 15) is 0 Å². The summed E-state index contributed by atoms with van der Waals surface area (Å²) in [6.07, 6.45) is 0. The van der Waals surface area contributed by atoms with Crippen LogP contribution in [-0.4, -0.2) is 18.3 Å². The Kier molecular flexibility index (Phi) is 4.41. The molecule has 2 aromatic carbocycles. The van der Waals surface area contributed by atoms with E-state index in [1.165, 1.54) is 32.0 Å². The van der Waals surface area contributed by atoms with Crippen LogP contribution in [0.4, 0.5) is 0 Å². The second-order valence-electron chi connectivity index (χ2n) is 9.63. The third-order valence-electron chi connectivity index (χ3n) is 7.33. The highest BCUT2D eigenvalue weighted by Gasteiger charge is 2.54. The molecular formula is C27H25BO2S2. The normalized spacial score (nSPS) is 19.7. The van der Waals surface area contributed by atoms with Gasteiger partial charge in [-0.15, -0.1) is 22.7 Å². The molecule has 0 bridgehead atoms. The molecule has 0 saturated carbocycles. The molecule has 32 heavy (non-hydrogen) atoms. The van der Waals surface area contributed by atoms with Crippen LogP contribution in [0.1, 0.15) is 49.9 Å². The van der Waals surface area contributed by atoms with Crippen LogP contribution in [0.2, 0.25) is 0 Å². The number of hydrogen-bond donors (Lipinski definition) is 0. The van der Waals surface area contributed by atoms with Crippen LogP contribution in [0.25, 0.3) is 9.75 Å². The molecule has 3 heterocycles. The molecule has 0 unspecified atom stereocenters. The van der Waals surface area contributed by atoms with Crippen LogP contribution in [-0.2, 0) is 14.7 Å². The van der Waals surface area contributed by atoms with Crippen molar-refractivity contribution in [1.82, 2.24) is 0 Å². The Hall–Kier alpha value is -2.18. The van der Waals surface area contributed by atoms with Crippen molar-refractivity contribution in [2.75, 3.05) is 0 Å². The lowest BCUT2D eigenvalue weighted by molar-refractivity contribution is 0.00578. The summed E-state index contributed by atoms with van der Waals surface area (Å²) in [7, 11) is -0.344. The van der Waals surface area contributed by atoms with Crippen molar-refractivity contribution >= 4 is 34.6 Å². The van der Waals surface area contributed by atoms with Gasteiger partial charge in [-0.3, -0.25) is 0 Å². The minimum absolute atomic E-state index is 0.328. The van der Waals surface area contributed by atoms with E-state index in [2.05, 4.69) is 106 Å². The van der Waals surface area contributed by atoms with Gasteiger partial charge in [0.2, 0.25) is 0 Å². The van der Waals surface area contributed by atoms with Gasteiger partial charge in [-0.2, -0.15) is 0 Å². The van der Waals surface area contributed by atoms with Crippen molar-refractivity contribution in [3.8, 4) is 9.75 Å². The third kappa shape index (κ3) is 2.66. The highest BCUT2D eigenvalue weighted by molar-refractivity contribution is 7.28. The van der Waals surface area contributed by atoms with Gasteiger partial charge in [-0.05, 0) is 67.5 Å². The number of benzene rings is 2. The largest absolute Gasteiger partial charge is 0.505 e. The summed E-state index contributed by atoms with van der Waals surface area (Å²) in [5.74, 6) is 0. The number of hydrogen-bond acceptors (Lipinski definition) is 4. The van der Waals surface area contributed by atoms with Gasteiger partial charge < -0.3 is 9.31 Å². The first-order chi connectivity index (χ1) is 15.3. The lowest BCUT2D eigenvalue weighted by Gasteiger charge is -2.32. The Bertz CT molecular complexity index is 1230. The van der Waals surface area contributed by atoms with E-state index in [0.717, 1.165) is 4.78 Å². The van der Waals surface area contributed by atoms with Crippen molar-refractivity contribution in [2.24, 2.45) is 0 Å². The molecule has 1 aliphatic heterocycles. The Morgan fingerprint density at radius 3 is 1.81 bits per heavy atom. The van der Waals surface area contributed by atoms with Crippen LogP contribution >= 0.6 is 22.7 Å². The fourth-order valence-electron chi connectivity index (χ4n) is 5.02. The maximum atomic E-state index is 6.43.